The third-order valence-electron chi connectivity index (χ3n) is 6.31. The van der Waals surface area contributed by atoms with Crippen molar-refractivity contribution in [1.29, 1.82) is 0 Å². The molecule has 2 unspecified atom stereocenters. The summed E-state index contributed by atoms with van der Waals surface area (Å²) in [6.07, 6.45) is 6.50. The molecule has 1 aliphatic heterocycles. The maximum absolute atomic E-state index is 13.2. The molecule has 2 amide bonds. The van der Waals surface area contributed by atoms with Crippen molar-refractivity contribution in [2.45, 2.75) is 44.6 Å². The van der Waals surface area contributed by atoms with Gasteiger partial charge in [-0.1, -0.05) is 24.6 Å². The first-order valence-corrected chi connectivity index (χ1v) is 10.6. The molecule has 1 aromatic rings. The van der Waals surface area contributed by atoms with Crippen LogP contribution >= 0.6 is 0 Å². The van der Waals surface area contributed by atoms with Gasteiger partial charge in [0.1, 0.15) is 0 Å². The first kappa shape index (κ1) is 18.5. The number of carbonyl (C=O) groups excluding carboxylic acids is 2. The number of hydrogen-bond donors (Lipinski definition) is 1. The lowest BCUT2D eigenvalue weighted by Crippen LogP contribution is -2.47. The van der Waals surface area contributed by atoms with Crippen LogP contribution in [0.4, 0.5) is 0 Å². The van der Waals surface area contributed by atoms with Crippen molar-refractivity contribution in [3.63, 3.8) is 0 Å². The summed E-state index contributed by atoms with van der Waals surface area (Å²) in [5.41, 5.74) is 0.730. The predicted octanol–water partition coefficient (Wildman–Crippen LogP) is 2.53. The van der Waals surface area contributed by atoms with E-state index in [9.17, 15) is 9.59 Å². The normalized spacial score (nSPS) is 27.6. The minimum Gasteiger partial charge on any atom is -0.355 e. The summed E-state index contributed by atoms with van der Waals surface area (Å²) in [6, 6.07) is 9.57. The molecule has 2 saturated carbocycles. The highest BCUT2D eigenvalue weighted by molar-refractivity contribution is 5.95. The largest absolute Gasteiger partial charge is 0.355 e. The fourth-order valence-electron chi connectivity index (χ4n) is 4.68. The Morgan fingerprint density at radius 2 is 1.81 bits per heavy atom. The third kappa shape index (κ3) is 4.52. The first-order valence-electron chi connectivity index (χ1n) is 10.6. The molecule has 2 aliphatic carbocycles. The molecule has 0 aromatic heterocycles. The Bertz CT molecular complexity index is 659. The van der Waals surface area contributed by atoms with E-state index >= 15 is 0 Å². The van der Waals surface area contributed by atoms with Crippen molar-refractivity contribution >= 4 is 11.8 Å². The van der Waals surface area contributed by atoms with E-state index in [0.29, 0.717) is 0 Å². The standard InChI is InChI=1S/C22H31N3O2/c26-21-19-8-4-9-20(19)25(22(27)18-6-2-1-3-7-18)14-5-13-24(15-12-23-21)16-17-10-11-17/h1-3,6-7,17,19-20H,4-5,8-16H2,(H,23,26). The van der Waals surface area contributed by atoms with Gasteiger partial charge in [0.25, 0.3) is 5.91 Å². The highest BCUT2D eigenvalue weighted by Crippen LogP contribution is 2.32. The van der Waals surface area contributed by atoms with Crippen molar-refractivity contribution in [2.24, 2.45) is 11.8 Å². The van der Waals surface area contributed by atoms with Crippen molar-refractivity contribution < 1.29 is 9.59 Å². The Labute approximate surface area is 162 Å². The second-order valence-electron chi connectivity index (χ2n) is 8.36. The summed E-state index contributed by atoms with van der Waals surface area (Å²) in [5.74, 6) is 0.991. The SMILES string of the molecule is O=C1NCCN(CC2CC2)CCCN(C(=O)c2ccccc2)C2CCCC12. The van der Waals surface area contributed by atoms with Crippen molar-refractivity contribution in [3.8, 4) is 0 Å². The highest BCUT2D eigenvalue weighted by Gasteiger charge is 2.39. The van der Waals surface area contributed by atoms with Gasteiger partial charge in [0, 0.05) is 37.8 Å². The number of nitrogens with one attached hydrogen (secondary N) is 1. The summed E-state index contributed by atoms with van der Waals surface area (Å²) in [4.78, 5) is 30.5. The van der Waals surface area contributed by atoms with Crippen LogP contribution in [0.3, 0.4) is 0 Å². The Morgan fingerprint density at radius 3 is 2.59 bits per heavy atom. The maximum Gasteiger partial charge on any atom is 0.254 e. The lowest BCUT2D eigenvalue weighted by molar-refractivity contribution is -0.126. The van der Waals surface area contributed by atoms with Gasteiger partial charge in [-0.25, -0.2) is 0 Å². The third-order valence-corrected chi connectivity index (χ3v) is 6.31. The van der Waals surface area contributed by atoms with Gasteiger partial charge in [0.05, 0.1) is 5.92 Å². The molecule has 1 N–H and O–H groups in total. The van der Waals surface area contributed by atoms with Gasteiger partial charge in [0.15, 0.2) is 0 Å². The van der Waals surface area contributed by atoms with Crippen molar-refractivity contribution in [2.75, 3.05) is 32.7 Å². The van der Waals surface area contributed by atoms with Crippen LogP contribution in [-0.4, -0.2) is 60.4 Å². The molecular formula is C22H31N3O2. The van der Waals surface area contributed by atoms with Gasteiger partial charge in [0.2, 0.25) is 5.91 Å². The highest BCUT2D eigenvalue weighted by atomic mass is 16.2. The Kier molecular flexibility index (Phi) is 5.77. The lowest BCUT2D eigenvalue weighted by Gasteiger charge is -2.33. The van der Waals surface area contributed by atoms with Crippen LogP contribution in [0.5, 0.6) is 0 Å². The zero-order valence-electron chi connectivity index (χ0n) is 16.1. The quantitative estimate of drug-likeness (QED) is 0.891. The Morgan fingerprint density at radius 1 is 1.00 bits per heavy atom. The minimum absolute atomic E-state index is 0.0349. The number of fused-ring (bicyclic) bond motifs is 1. The minimum atomic E-state index is -0.0624. The zero-order valence-corrected chi connectivity index (χ0v) is 16.1. The maximum atomic E-state index is 13.2. The fourth-order valence-corrected chi connectivity index (χ4v) is 4.68. The van der Waals surface area contributed by atoms with E-state index in [-0.39, 0.29) is 23.8 Å². The van der Waals surface area contributed by atoms with E-state index in [4.69, 9.17) is 0 Å². The van der Waals surface area contributed by atoms with Gasteiger partial charge in [-0.3, -0.25) is 9.59 Å². The zero-order chi connectivity index (χ0) is 18.6. The van der Waals surface area contributed by atoms with Gasteiger partial charge in [-0.2, -0.15) is 0 Å². The summed E-state index contributed by atoms with van der Waals surface area (Å²) in [5, 5.41) is 3.16. The van der Waals surface area contributed by atoms with Gasteiger partial charge >= 0.3 is 0 Å². The smallest absolute Gasteiger partial charge is 0.254 e. The Hall–Kier alpha value is -1.88. The number of carbonyl (C=O) groups is 2. The van der Waals surface area contributed by atoms with E-state index in [1.807, 2.05) is 35.2 Å². The fraction of sp³-hybridized carbons (Fsp3) is 0.636. The molecule has 1 aromatic carbocycles. The first-order chi connectivity index (χ1) is 13.2. The number of hydrogen-bond acceptors (Lipinski definition) is 3. The molecule has 146 valence electrons. The van der Waals surface area contributed by atoms with Crippen LogP contribution in [0.15, 0.2) is 30.3 Å². The molecule has 1 heterocycles. The van der Waals surface area contributed by atoms with E-state index in [1.165, 1.54) is 12.8 Å². The Balaban J connectivity index is 1.53. The molecule has 3 fully saturated rings. The molecule has 0 radical (unpaired) electrons. The predicted molar refractivity (Wildman–Crippen MR) is 105 cm³/mol. The summed E-state index contributed by atoms with van der Waals surface area (Å²) >= 11 is 0. The molecule has 4 rings (SSSR count). The summed E-state index contributed by atoms with van der Waals surface area (Å²) < 4.78 is 0. The van der Waals surface area contributed by atoms with Crippen LogP contribution in [-0.2, 0) is 4.79 Å². The van der Waals surface area contributed by atoms with E-state index < -0.39 is 0 Å². The number of amides is 2. The monoisotopic (exact) mass is 369 g/mol. The van der Waals surface area contributed by atoms with E-state index in [1.54, 1.807) is 0 Å². The van der Waals surface area contributed by atoms with Crippen LogP contribution in [0.1, 0.15) is 48.9 Å². The van der Waals surface area contributed by atoms with Gasteiger partial charge in [-0.05, 0) is 56.7 Å². The molecule has 0 bridgehead atoms. The van der Waals surface area contributed by atoms with Crippen LogP contribution < -0.4 is 5.32 Å². The van der Waals surface area contributed by atoms with Gasteiger partial charge in [-0.15, -0.1) is 0 Å². The van der Waals surface area contributed by atoms with E-state index in [0.717, 1.165) is 69.9 Å². The van der Waals surface area contributed by atoms with Crippen LogP contribution in [0.2, 0.25) is 0 Å². The number of nitrogens with zero attached hydrogens (tertiary/aromatic N) is 2. The van der Waals surface area contributed by atoms with Crippen LogP contribution in [0, 0.1) is 11.8 Å². The average molecular weight is 370 g/mol. The molecule has 5 heteroatoms. The molecule has 0 spiro atoms. The molecule has 27 heavy (non-hydrogen) atoms. The molecule has 3 aliphatic rings. The van der Waals surface area contributed by atoms with Gasteiger partial charge < -0.3 is 15.1 Å². The number of rotatable bonds is 3. The lowest BCUT2D eigenvalue weighted by atomic mass is 9.99. The molecular weight excluding hydrogens is 338 g/mol. The number of benzene rings is 1. The average Bonchev–Trinajstić information content (AvgIpc) is 3.37. The molecule has 5 nitrogen and oxygen atoms in total. The summed E-state index contributed by atoms with van der Waals surface area (Å²) in [6.45, 7) is 4.52. The molecule has 1 saturated heterocycles. The summed E-state index contributed by atoms with van der Waals surface area (Å²) in [7, 11) is 0. The van der Waals surface area contributed by atoms with Crippen molar-refractivity contribution in [3.05, 3.63) is 35.9 Å². The van der Waals surface area contributed by atoms with E-state index in [2.05, 4.69) is 10.2 Å². The second kappa shape index (κ2) is 8.42. The second-order valence-corrected chi connectivity index (χ2v) is 8.36. The topological polar surface area (TPSA) is 52.7 Å². The van der Waals surface area contributed by atoms with Crippen molar-refractivity contribution in [1.82, 2.24) is 15.1 Å². The van der Waals surface area contributed by atoms with Crippen LogP contribution in [0.25, 0.3) is 0 Å². The molecule has 2 atom stereocenters.